The monoisotopic (exact) mass is 435 g/mol. The first-order chi connectivity index (χ1) is 16.1. The molecule has 1 aromatic heterocycles. The minimum atomic E-state index is -1.11. The van der Waals surface area contributed by atoms with Gasteiger partial charge in [0, 0.05) is 30.2 Å². The van der Waals surface area contributed by atoms with Gasteiger partial charge in [0.25, 0.3) is 5.91 Å². The number of carbonyl (C=O) groups excluding carboxylic acids is 1. The highest BCUT2D eigenvalue weighted by atomic mass is 16.4. The first-order valence-electron chi connectivity index (χ1n) is 10.6. The van der Waals surface area contributed by atoms with Crippen LogP contribution in [0.1, 0.15) is 26.3 Å². The van der Waals surface area contributed by atoms with Crippen LogP contribution < -0.4 is 10.6 Å². The van der Waals surface area contributed by atoms with Gasteiger partial charge < -0.3 is 15.7 Å². The van der Waals surface area contributed by atoms with Gasteiger partial charge in [-0.1, -0.05) is 42.5 Å². The number of hydrogen-bond acceptors (Lipinski definition) is 4. The molecule has 0 spiro atoms. The van der Waals surface area contributed by atoms with E-state index in [1.807, 2.05) is 42.5 Å². The Balaban J connectivity index is 1.47. The molecule has 1 amide bonds. The van der Waals surface area contributed by atoms with Crippen LogP contribution in [0.25, 0.3) is 22.3 Å². The third kappa shape index (κ3) is 4.19. The first-order valence-corrected chi connectivity index (χ1v) is 10.6. The van der Waals surface area contributed by atoms with E-state index in [0.29, 0.717) is 5.56 Å². The highest BCUT2D eigenvalue weighted by Gasteiger charge is 2.17. The number of fused-ring (bicyclic) bond motifs is 1. The van der Waals surface area contributed by atoms with Crippen molar-refractivity contribution < 1.29 is 14.7 Å². The molecule has 162 valence electrons. The van der Waals surface area contributed by atoms with Gasteiger partial charge in [-0.3, -0.25) is 9.78 Å². The van der Waals surface area contributed by atoms with Crippen molar-refractivity contribution in [3.8, 4) is 22.3 Å². The maximum Gasteiger partial charge on any atom is 0.337 e. The van der Waals surface area contributed by atoms with E-state index in [0.717, 1.165) is 40.9 Å². The summed E-state index contributed by atoms with van der Waals surface area (Å²) in [5.41, 5.74) is 6.53. The number of carbonyl (C=O) groups is 2. The lowest BCUT2D eigenvalue weighted by molar-refractivity contribution is 0.0698. The summed E-state index contributed by atoms with van der Waals surface area (Å²) in [6, 6.07) is 22.5. The van der Waals surface area contributed by atoms with Gasteiger partial charge in [-0.05, 0) is 59.0 Å². The summed E-state index contributed by atoms with van der Waals surface area (Å²) in [6.07, 6.45) is 4.11. The van der Waals surface area contributed by atoms with Crippen molar-refractivity contribution in [2.45, 2.75) is 6.42 Å². The van der Waals surface area contributed by atoms with Crippen molar-refractivity contribution in [3.05, 3.63) is 102 Å². The summed E-state index contributed by atoms with van der Waals surface area (Å²) in [5.74, 6) is -1.52. The molecule has 1 aliphatic rings. The van der Waals surface area contributed by atoms with Crippen LogP contribution in [0.5, 0.6) is 0 Å². The maximum atomic E-state index is 13.0. The molecule has 3 aromatic carbocycles. The molecule has 0 aliphatic carbocycles. The SMILES string of the molecule is O=C(Nc1cc(-c2ccc3c(c2)CCN3)ccc1C(=O)O)c1cncc(-c2ccccc2)c1. The Kier molecular flexibility index (Phi) is 5.32. The first kappa shape index (κ1) is 20.5. The topological polar surface area (TPSA) is 91.3 Å². The molecule has 1 aliphatic heterocycles. The average Bonchev–Trinajstić information content (AvgIpc) is 3.32. The second-order valence-electron chi connectivity index (χ2n) is 7.90. The molecule has 0 unspecified atom stereocenters. The van der Waals surface area contributed by atoms with E-state index in [1.165, 1.54) is 17.8 Å². The van der Waals surface area contributed by atoms with Gasteiger partial charge in [0.2, 0.25) is 0 Å². The van der Waals surface area contributed by atoms with E-state index in [1.54, 1.807) is 24.4 Å². The molecule has 0 saturated carbocycles. The number of nitrogens with one attached hydrogen (secondary N) is 2. The van der Waals surface area contributed by atoms with Crippen molar-refractivity contribution in [2.75, 3.05) is 17.2 Å². The quantitative estimate of drug-likeness (QED) is 0.394. The fourth-order valence-corrected chi connectivity index (χ4v) is 4.05. The van der Waals surface area contributed by atoms with Gasteiger partial charge >= 0.3 is 5.97 Å². The van der Waals surface area contributed by atoms with E-state index in [-0.39, 0.29) is 11.3 Å². The lowest BCUT2D eigenvalue weighted by atomic mass is 9.99. The van der Waals surface area contributed by atoms with Crippen LogP contribution in [-0.2, 0) is 6.42 Å². The van der Waals surface area contributed by atoms with Crippen LogP contribution in [0.15, 0.2) is 85.2 Å². The molecule has 6 heteroatoms. The van der Waals surface area contributed by atoms with Gasteiger partial charge in [0.1, 0.15) is 0 Å². The van der Waals surface area contributed by atoms with Crippen molar-refractivity contribution >= 4 is 23.3 Å². The van der Waals surface area contributed by atoms with Crippen molar-refractivity contribution in [2.24, 2.45) is 0 Å². The zero-order valence-electron chi connectivity index (χ0n) is 17.7. The highest BCUT2D eigenvalue weighted by molar-refractivity contribution is 6.08. The lowest BCUT2D eigenvalue weighted by Gasteiger charge is -2.12. The number of carboxylic acids is 1. The molecule has 33 heavy (non-hydrogen) atoms. The zero-order chi connectivity index (χ0) is 22.8. The summed E-state index contributed by atoms with van der Waals surface area (Å²) >= 11 is 0. The van der Waals surface area contributed by atoms with E-state index < -0.39 is 11.9 Å². The zero-order valence-corrected chi connectivity index (χ0v) is 17.7. The van der Waals surface area contributed by atoms with Crippen molar-refractivity contribution in [1.82, 2.24) is 4.98 Å². The third-order valence-corrected chi connectivity index (χ3v) is 5.75. The Morgan fingerprint density at radius 2 is 1.64 bits per heavy atom. The number of nitrogens with zero attached hydrogens (tertiary/aromatic N) is 1. The number of aromatic carboxylic acids is 1. The van der Waals surface area contributed by atoms with Crippen LogP contribution in [0.2, 0.25) is 0 Å². The van der Waals surface area contributed by atoms with E-state index in [4.69, 9.17) is 0 Å². The number of amides is 1. The predicted octanol–water partition coefficient (Wildman–Crippen LogP) is 5.33. The Morgan fingerprint density at radius 1 is 0.848 bits per heavy atom. The average molecular weight is 435 g/mol. The number of anilines is 2. The second-order valence-corrected chi connectivity index (χ2v) is 7.90. The van der Waals surface area contributed by atoms with Crippen LogP contribution in [-0.4, -0.2) is 28.5 Å². The van der Waals surface area contributed by atoms with E-state index in [2.05, 4.69) is 21.7 Å². The summed E-state index contributed by atoms with van der Waals surface area (Å²) in [7, 11) is 0. The maximum absolute atomic E-state index is 13.0. The van der Waals surface area contributed by atoms with Gasteiger partial charge in [-0.15, -0.1) is 0 Å². The van der Waals surface area contributed by atoms with Crippen LogP contribution in [0, 0.1) is 0 Å². The molecule has 3 N–H and O–H groups in total. The molecule has 5 rings (SSSR count). The summed E-state index contributed by atoms with van der Waals surface area (Å²) < 4.78 is 0. The Hall–Kier alpha value is -4.45. The minimum absolute atomic E-state index is 0.0297. The van der Waals surface area contributed by atoms with Gasteiger partial charge in [0.05, 0.1) is 16.8 Å². The lowest BCUT2D eigenvalue weighted by Crippen LogP contribution is -2.15. The number of carboxylic acid groups (broad SMARTS) is 1. The molecule has 0 radical (unpaired) electrons. The Bertz CT molecular complexity index is 1370. The number of rotatable bonds is 5. The third-order valence-electron chi connectivity index (χ3n) is 5.75. The van der Waals surface area contributed by atoms with Gasteiger partial charge in [0.15, 0.2) is 0 Å². The molecule has 0 atom stereocenters. The molecule has 6 nitrogen and oxygen atoms in total. The van der Waals surface area contributed by atoms with Gasteiger partial charge in [-0.25, -0.2) is 4.79 Å². The fraction of sp³-hybridized carbons (Fsp3) is 0.0741. The van der Waals surface area contributed by atoms with Gasteiger partial charge in [-0.2, -0.15) is 0 Å². The smallest absolute Gasteiger partial charge is 0.337 e. The molecule has 0 fully saturated rings. The molecule has 0 saturated heterocycles. The Morgan fingerprint density at radius 3 is 2.45 bits per heavy atom. The molecular formula is C27H21N3O3. The fourth-order valence-electron chi connectivity index (χ4n) is 4.05. The summed E-state index contributed by atoms with van der Waals surface area (Å²) in [6.45, 7) is 0.911. The molecule has 4 aromatic rings. The molecule has 0 bridgehead atoms. The van der Waals surface area contributed by atoms with Crippen LogP contribution >= 0.6 is 0 Å². The predicted molar refractivity (Wildman–Crippen MR) is 129 cm³/mol. The standard InChI is InChI=1S/C27H21N3O3/c31-26(22-13-21(15-28-16-22)17-4-2-1-3-5-17)30-25-14-19(6-8-23(25)27(32)33)18-7-9-24-20(12-18)10-11-29-24/h1-9,12-16,29H,10-11H2,(H,30,31)(H,32,33). The van der Waals surface area contributed by atoms with Crippen LogP contribution in [0.3, 0.4) is 0 Å². The minimum Gasteiger partial charge on any atom is -0.478 e. The normalized spacial score (nSPS) is 12.0. The highest BCUT2D eigenvalue weighted by Crippen LogP contribution is 2.31. The van der Waals surface area contributed by atoms with E-state index >= 15 is 0 Å². The molecule has 2 heterocycles. The summed E-state index contributed by atoms with van der Waals surface area (Å²) in [5, 5.41) is 15.8. The number of benzene rings is 3. The van der Waals surface area contributed by atoms with E-state index in [9.17, 15) is 14.7 Å². The Labute approximate surface area is 190 Å². The number of hydrogen-bond donors (Lipinski definition) is 3. The van der Waals surface area contributed by atoms with Crippen molar-refractivity contribution in [1.29, 1.82) is 0 Å². The number of aromatic nitrogens is 1. The van der Waals surface area contributed by atoms with Crippen LogP contribution in [0.4, 0.5) is 11.4 Å². The van der Waals surface area contributed by atoms with Crippen molar-refractivity contribution in [3.63, 3.8) is 0 Å². The number of pyridine rings is 1. The molecular weight excluding hydrogens is 414 g/mol. The summed E-state index contributed by atoms with van der Waals surface area (Å²) in [4.78, 5) is 29.0. The second kappa shape index (κ2) is 8.59. The largest absolute Gasteiger partial charge is 0.478 e.